The second-order valence-corrected chi connectivity index (χ2v) is 20.8. The van der Waals surface area contributed by atoms with Gasteiger partial charge in [0.2, 0.25) is 35.4 Å². The Kier molecular flexibility index (Phi) is 25.6. The lowest BCUT2D eigenvalue weighted by Crippen LogP contribution is -2.55. The molecule has 414 valence electrons. The fourth-order valence-corrected chi connectivity index (χ4v) is 10.6. The lowest BCUT2D eigenvalue weighted by molar-refractivity contribution is -0.146. The minimum absolute atomic E-state index is 0.00196. The number of likely N-dealkylation sites (tertiary alicyclic amines) is 1. The van der Waals surface area contributed by atoms with Crippen LogP contribution < -0.4 is 38.1 Å². The normalized spacial score (nSPS) is 16.7. The number of hydrogen-bond acceptors (Lipinski definition) is 13. The Hall–Kier alpha value is -6.00. The van der Waals surface area contributed by atoms with Crippen molar-refractivity contribution in [1.82, 2.24) is 41.0 Å². The Balaban J connectivity index is 1.34. The van der Waals surface area contributed by atoms with Gasteiger partial charge in [-0.05, 0) is 80.7 Å². The lowest BCUT2D eigenvalue weighted by Gasteiger charge is -2.39. The van der Waals surface area contributed by atoms with Gasteiger partial charge in [-0.25, -0.2) is 9.78 Å². The van der Waals surface area contributed by atoms with E-state index in [1.54, 1.807) is 44.5 Å². The number of likely N-dealkylation sites (N-methyl/N-ethyl adjacent to an activating group) is 2. The molecule has 1 aliphatic rings. The van der Waals surface area contributed by atoms with Crippen LogP contribution in [0, 0.1) is 17.8 Å². The van der Waals surface area contributed by atoms with E-state index in [4.69, 9.17) is 20.9 Å². The molecule has 9 N–H and O–H groups in total. The van der Waals surface area contributed by atoms with E-state index in [0.717, 1.165) is 22.6 Å². The molecule has 0 bridgehead atoms. The van der Waals surface area contributed by atoms with Crippen molar-refractivity contribution in [2.24, 2.45) is 29.2 Å². The van der Waals surface area contributed by atoms with E-state index >= 15 is 0 Å². The van der Waals surface area contributed by atoms with E-state index in [1.807, 2.05) is 99.3 Å². The highest BCUT2D eigenvalue weighted by Gasteiger charge is 2.42. The summed E-state index contributed by atoms with van der Waals surface area (Å²) >= 11 is 1.49. The molecule has 2 unspecified atom stereocenters. The van der Waals surface area contributed by atoms with Crippen LogP contribution in [0.4, 0.5) is 10.5 Å². The second-order valence-electron chi connectivity index (χ2n) is 19.8. The van der Waals surface area contributed by atoms with Crippen molar-refractivity contribution >= 4 is 58.5 Å². The zero-order valence-electron chi connectivity index (χ0n) is 45.3. The molecule has 75 heavy (non-hydrogen) atoms. The van der Waals surface area contributed by atoms with Crippen LogP contribution in [0.15, 0.2) is 66.2 Å². The molecule has 0 spiro atoms. The number of ether oxygens (including phenoxy) is 2. The smallest absolute Gasteiger partial charge is 0.312 e. The van der Waals surface area contributed by atoms with Gasteiger partial charge in [-0.15, -0.1) is 11.3 Å². The van der Waals surface area contributed by atoms with Crippen molar-refractivity contribution in [1.29, 1.82) is 0 Å². The van der Waals surface area contributed by atoms with E-state index in [9.17, 15) is 33.6 Å². The van der Waals surface area contributed by atoms with Gasteiger partial charge in [0.15, 0.2) is 0 Å². The van der Waals surface area contributed by atoms with Crippen LogP contribution in [-0.4, -0.2) is 159 Å². The van der Waals surface area contributed by atoms with E-state index in [0.29, 0.717) is 50.9 Å². The Labute approximate surface area is 447 Å². The van der Waals surface area contributed by atoms with Gasteiger partial charge < -0.3 is 57.3 Å². The topological polar surface area (TPSA) is 273 Å². The summed E-state index contributed by atoms with van der Waals surface area (Å²) in [6.07, 6.45) is 4.39. The van der Waals surface area contributed by atoms with Crippen molar-refractivity contribution in [3.8, 4) is 0 Å². The summed E-state index contributed by atoms with van der Waals surface area (Å²) in [6.45, 7) is 10.5. The molecule has 9 atom stereocenters. The molecule has 1 saturated heterocycles. The molecule has 2 heterocycles. The number of urea groups is 1. The Morgan fingerprint density at radius 2 is 1.60 bits per heavy atom. The van der Waals surface area contributed by atoms with Crippen LogP contribution in [0.2, 0.25) is 0 Å². The lowest BCUT2D eigenvalue weighted by atomic mass is 9.90. The second kappa shape index (κ2) is 31.1. The zero-order chi connectivity index (χ0) is 55.2. The molecule has 8 amide bonds. The summed E-state index contributed by atoms with van der Waals surface area (Å²) in [7, 11) is 6.67. The number of nitrogens with two attached hydrogens (primary N) is 2. The van der Waals surface area contributed by atoms with Gasteiger partial charge in [-0.3, -0.25) is 33.7 Å². The van der Waals surface area contributed by atoms with Gasteiger partial charge in [-0.2, -0.15) is 0 Å². The van der Waals surface area contributed by atoms with E-state index < -0.39 is 54.1 Å². The number of nitrogens with one attached hydrogen (secondary N) is 5. The first-order chi connectivity index (χ1) is 35.8. The average molecular weight is 1060 g/mol. The fourth-order valence-electron chi connectivity index (χ4n) is 9.96. The molecule has 0 aliphatic carbocycles. The van der Waals surface area contributed by atoms with Gasteiger partial charge in [0.05, 0.1) is 61.8 Å². The van der Waals surface area contributed by atoms with Gasteiger partial charge in [-0.1, -0.05) is 83.5 Å². The maximum atomic E-state index is 14.4. The number of benzene rings is 2. The average Bonchev–Trinajstić information content (AvgIpc) is 4.12. The molecule has 3 aromatic rings. The number of anilines is 1. The van der Waals surface area contributed by atoms with Gasteiger partial charge in [0, 0.05) is 58.2 Å². The van der Waals surface area contributed by atoms with Crippen LogP contribution in [0.1, 0.15) is 95.3 Å². The van der Waals surface area contributed by atoms with Crippen molar-refractivity contribution in [3.05, 3.63) is 82.3 Å². The van der Waals surface area contributed by atoms with Crippen LogP contribution in [-0.2, 0) is 51.1 Å². The third-order valence-electron chi connectivity index (χ3n) is 14.2. The summed E-state index contributed by atoms with van der Waals surface area (Å²) in [5.41, 5.74) is 13.1. The fraction of sp³-hybridized carbons (Fsp3) is 0.593. The Bertz CT molecular complexity index is 2270. The quantitative estimate of drug-likeness (QED) is 0.0456. The maximum absolute atomic E-state index is 14.4. The standard InChI is InChI=1S/C54H83N11O9S/c1-10-35(4)48(43(73-8)31-45(67)65-27-15-19-42(65)49(74-9)36(5)50(69)62-41(53-57-26-29-75-53)30-38-16-12-11-13-17-38)64(7)46(68)33-59-52(71)47(34(2)3)63(6)28-24-37-20-22-39(23-21-37)60-51(70)40(61-44(66)32-55)18-14-25-58-54(56)72/h11-13,16-17,20-23,26,29,34-36,40-43,47-49H,10,14-15,18-19,24-25,27-28,30-33,55H2,1-9H3,(H,59,71)(H,60,70)(H,61,66)(H,62,69)(H3,56,58,72)/t35-,36+,40-,41-,42-,43+,47?,48?,49+/m0/s1. The van der Waals surface area contributed by atoms with E-state index in [2.05, 4.69) is 31.6 Å². The zero-order valence-corrected chi connectivity index (χ0v) is 46.2. The molecule has 4 rings (SSSR count). The summed E-state index contributed by atoms with van der Waals surface area (Å²) in [4.78, 5) is 102. The number of carbonyl (C=O) groups excluding carboxylic acids is 7. The van der Waals surface area contributed by atoms with Gasteiger partial charge >= 0.3 is 6.03 Å². The molecule has 1 aromatic heterocycles. The van der Waals surface area contributed by atoms with Crippen LogP contribution >= 0.6 is 11.3 Å². The first-order valence-electron chi connectivity index (χ1n) is 26.1. The number of aromatic nitrogens is 1. The van der Waals surface area contributed by atoms with Crippen molar-refractivity contribution < 1.29 is 43.0 Å². The van der Waals surface area contributed by atoms with E-state index in [1.165, 1.54) is 11.3 Å². The third kappa shape index (κ3) is 18.7. The Morgan fingerprint density at radius 1 is 0.893 bits per heavy atom. The summed E-state index contributed by atoms with van der Waals surface area (Å²) in [5.74, 6) is -2.64. The minimum Gasteiger partial charge on any atom is -0.379 e. The first kappa shape index (κ1) is 61.5. The number of rotatable bonds is 31. The number of primary amides is 1. The van der Waals surface area contributed by atoms with E-state index in [-0.39, 0.29) is 80.0 Å². The van der Waals surface area contributed by atoms with Gasteiger partial charge in [0.25, 0.3) is 0 Å². The monoisotopic (exact) mass is 1060 g/mol. The molecule has 0 radical (unpaired) electrons. The molecular formula is C54H83N11O9S. The van der Waals surface area contributed by atoms with Crippen LogP contribution in [0.3, 0.4) is 0 Å². The molecule has 21 heteroatoms. The highest BCUT2D eigenvalue weighted by Crippen LogP contribution is 2.30. The summed E-state index contributed by atoms with van der Waals surface area (Å²) in [6, 6.07) is 13.9. The predicted octanol–water partition coefficient (Wildman–Crippen LogP) is 3.61. The minimum atomic E-state index is -0.874. The summed E-state index contributed by atoms with van der Waals surface area (Å²) < 4.78 is 12.1. The van der Waals surface area contributed by atoms with Crippen LogP contribution in [0.5, 0.6) is 0 Å². The third-order valence-corrected chi connectivity index (χ3v) is 15.1. The number of amides is 8. The molecular weight excluding hydrogens is 979 g/mol. The Morgan fingerprint density at radius 3 is 2.20 bits per heavy atom. The van der Waals surface area contributed by atoms with Crippen molar-refractivity contribution in [2.75, 3.05) is 66.4 Å². The number of hydrogen-bond donors (Lipinski definition) is 7. The SMILES string of the molecule is CC[C@H](C)C([C@@H](CC(=O)N1CCC[C@H]1[C@H](OC)[C@@H](C)C(=O)N[C@@H](Cc1ccccc1)c1nccs1)OC)N(C)C(=O)CNC(=O)C(C(C)C)N(C)CCc1ccc(NC(=O)[C@H](CCCNC(N)=O)NC(=O)CN)cc1. The highest BCUT2D eigenvalue weighted by atomic mass is 32.1. The van der Waals surface area contributed by atoms with Gasteiger partial charge in [0.1, 0.15) is 11.0 Å². The number of methoxy groups -OCH3 is 2. The molecule has 1 aliphatic heterocycles. The summed E-state index contributed by atoms with van der Waals surface area (Å²) in [5, 5.41) is 16.7. The largest absolute Gasteiger partial charge is 0.379 e. The molecule has 0 saturated carbocycles. The maximum Gasteiger partial charge on any atom is 0.312 e. The molecule has 20 nitrogen and oxygen atoms in total. The van der Waals surface area contributed by atoms with Crippen LogP contribution in [0.25, 0.3) is 0 Å². The molecule has 2 aromatic carbocycles. The molecule has 1 fully saturated rings. The number of nitrogens with zero attached hydrogens (tertiary/aromatic N) is 4. The highest BCUT2D eigenvalue weighted by molar-refractivity contribution is 7.09. The van der Waals surface area contributed by atoms with Crippen molar-refractivity contribution in [2.45, 2.75) is 128 Å². The van der Waals surface area contributed by atoms with Crippen molar-refractivity contribution in [3.63, 3.8) is 0 Å². The number of thiazole rings is 1. The predicted molar refractivity (Wildman–Crippen MR) is 290 cm³/mol. The first-order valence-corrected chi connectivity index (χ1v) is 27.0. The number of carbonyl (C=O) groups is 7.